The molecule has 0 spiro atoms. The predicted molar refractivity (Wildman–Crippen MR) is 121 cm³/mol. The number of carbonyl (C=O) groups excluding carboxylic acids is 1. The summed E-state index contributed by atoms with van der Waals surface area (Å²) in [6.07, 6.45) is 1.52. The number of anilines is 2. The van der Waals surface area contributed by atoms with Crippen LogP contribution in [0.25, 0.3) is 16.6 Å². The molecule has 3 heterocycles. The van der Waals surface area contributed by atoms with Crippen LogP contribution < -0.4 is 10.2 Å². The van der Waals surface area contributed by atoms with Crippen LogP contribution in [0.2, 0.25) is 0 Å². The van der Waals surface area contributed by atoms with E-state index in [1.165, 1.54) is 22.7 Å². The molecule has 0 saturated carbocycles. The minimum Gasteiger partial charge on any atom is -0.363 e. The van der Waals surface area contributed by atoms with Gasteiger partial charge in [-0.3, -0.25) is 4.79 Å². The Morgan fingerprint density at radius 1 is 1.03 bits per heavy atom. The van der Waals surface area contributed by atoms with Crippen molar-refractivity contribution in [1.29, 1.82) is 0 Å². The monoisotopic (exact) mass is 415 g/mol. The lowest BCUT2D eigenvalue weighted by molar-refractivity contribution is -0.129. The van der Waals surface area contributed by atoms with Gasteiger partial charge >= 0.3 is 0 Å². The van der Waals surface area contributed by atoms with Crippen LogP contribution in [-0.4, -0.2) is 56.6 Å². The third-order valence-corrected chi connectivity index (χ3v) is 5.93. The molecular formula is C23H25N7O. The van der Waals surface area contributed by atoms with E-state index in [4.69, 9.17) is 0 Å². The minimum atomic E-state index is 0.0711. The van der Waals surface area contributed by atoms with Gasteiger partial charge in [-0.15, -0.1) is 0 Å². The summed E-state index contributed by atoms with van der Waals surface area (Å²) < 4.78 is 1.73. The van der Waals surface area contributed by atoms with E-state index >= 15 is 0 Å². The molecule has 1 N–H and O–H groups in total. The van der Waals surface area contributed by atoms with Crippen LogP contribution >= 0.6 is 0 Å². The fourth-order valence-corrected chi connectivity index (χ4v) is 4.10. The molecule has 2 aromatic carbocycles. The zero-order valence-electron chi connectivity index (χ0n) is 17.7. The quantitative estimate of drug-likeness (QED) is 0.552. The molecule has 0 bridgehead atoms. The topological polar surface area (TPSA) is 78.7 Å². The smallest absolute Gasteiger partial charge is 0.256 e. The summed E-state index contributed by atoms with van der Waals surface area (Å²) in [6.45, 7) is 6.65. The van der Waals surface area contributed by atoms with Crippen molar-refractivity contribution in [2.45, 2.75) is 19.9 Å². The molecule has 158 valence electrons. The van der Waals surface area contributed by atoms with Gasteiger partial charge in [-0.1, -0.05) is 36.4 Å². The van der Waals surface area contributed by atoms with Gasteiger partial charge in [-0.05, 0) is 29.3 Å². The highest BCUT2D eigenvalue weighted by molar-refractivity contribution is 5.83. The largest absolute Gasteiger partial charge is 0.363 e. The van der Waals surface area contributed by atoms with E-state index in [0.717, 1.165) is 24.7 Å². The number of fused-ring (bicyclic) bond motifs is 2. The molecule has 0 unspecified atom stereocenters. The highest BCUT2D eigenvalue weighted by Crippen LogP contribution is 2.26. The number of nitrogens with zero attached hydrogens (tertiary/aromatic N) is 6. The van der Waals surface area contributed by atoms with E-state index < -0.39 is 0 Å². The number of hydrogen-bond acceptors (Lipinski definition) is 6. The SMILES string of the molecule is CC(=O)N1CCN(c2cc(N[C@H](C)c3ccc4ccccc4c3)n3ncnc3n2)CC1. The van der Waals surface area contributed by atoms with E-state index in [1.54, 1.807) is 11.4 Å². The number of nitrogens with one attached hydrogen (secondary N) is 1. The summed E-state index contributed by atoms with van der Waals surface area (Å²) in [5.74, 6) is 2.36. The molecule has 5 rings (SSSR count). The van der Waals surface area contributed by atoms with Gasteiger partial charge in [-0.2, -0.15) is 19.6 Å². The summed E-state index contributed by atoms with van der Waals surface area (Å²) in [4.78, 5) is 24.7. The van der Waals surface area contributed by atoms with Gasteiger partial charge in [0.2, 0.25) is 5.91 Å². The molecule has 0 radical (unpaired) electrons. The molecule has 1 atom stereocenters. The Bertz CT molecular complexity index is 1240. The first-order chi connectivity index (χ1) is 15.1. The lowest BCUT2D eigenvalue weighted by Crippen LogP contribution is -2.48. The maximum atomic E-state index is 11.6. The second-order valence-corrected chi connectivity index (χ2v) is 7.94. The average molecular weight is 416 g/mol. The van der Waals surface area contributed by atoms with E-state index in [2.05, 4.69) is 74.7 Å². The van der Waals surface area contributed by atoms with Crippen LogP contribution in [-0.2, 0) is 4.79 Å². The first kappa shape index (κ1) is 19.3. The molecule has 31 heavy (non-hydrogen) atoms. The van der Waals surface area contributed by atoms with Crippen LogP contribution in [0.4, 0.5) is 11.6 Å². The van der Waals surface area contributed by atoms with Crippen molar-refractivity contribution in [2.75, 3.05) is 36.4 Å². The van der Waals surface area contributed by atoms with Crippen molar-refractivity contribution in [3.05, 3.63) is 60.4 Å². The van der Waals surface area contributed by atoms with Crippen molar-refractivity contribution in [3.63, 3.8) is 0 Å². The summed E-state index contributed by atoms with van der Waals surface area (Å²) in [5.41, 5.74) is 1.19. The standard InChI is InChI=1S/C23H25N7O/c1-16(19-8-7-18-5-3-4-6-20(18)13-19)26-22-14-21(27-23-24-15-25-30(22)23)29-11-9-28(10-12-29)17(2)31/h3-8,13-16,26H,9-12H2,1-2H3/t16-/m1/s1. The molecular weight excluding hydrogens is 390 g/mol. The minimum absolute atomic E-state index is 0.0711. The Morgan fingerprint density at radius 2 is 1.81 bits per heavy atom. The molecule has 0 aliphatic carbocycles. The van der Waals surface area contributed by atoms with E-state index in [9.17, 15) is 4.79 Å². The van der Waals surface area contributed by atoms with Gasteiger partial charge in [0.15, 0.2) is 0 Å². The summed E-state index contributed by atoms with van der Waals surface area (Å²) in [5, 5.41) is 10.4. The lowest BCUT2D eigenvalue weighted by atomic mass is 10.0. The summed E-state index contributed by atoms with van der Waals surface area (Å²) >= 11 is 0. The van der Waals surface area contributed by atoms with Crippen LogP contribution in [0.5, 0.6) is 0 Å². The number of rotatable bonds is 4. The Labute approximate surface area is 180 Å². The fraction of sp³-hybridized carbons (Fsp3) is 0.304. The number of aromatic nitrogens is 4. The normalized spacial score (nSPS) is 15.4. The maximum absolute atomic E-state index is 11.6. The van der Waals surface area contributed by atoms with Crippen LogP contribution in [0, 0.1) is 0 Å². The summed E-state index contributed by atoms with van der Waals surface area (Å²) in [6, 6.07) is 17.0. The first-order valence-corrected chi connectivity index (χ1v) is 10.5. The number of amides is 1. The molecule has 1 aliphatic rings. The van der Waals surface area contributed by atoms with E-state index in [0.29, 0.717) is 18.9 Å². The molecule has 2 aromatic heterocycles. The van der Waals surface area contributed by atoms with E-state index in [-0.39, 0.29) is 11.9 Å². The predicted octanol–water partition coefficient (Wildman–Crippen LogP) is 3.12. The molecule has 1 amide bonds. The molecule has 1 aliphatic heterocycles. The van der Waals surface area contributed by atoms with Gasteiger partial charge in [0, 0.05) is 45.2 Å². The van der Waals surface area contributed by atoms with Crippen LogP contribution in [0.1, 0.15) is 25.5 Å². The Morgan fingerprint density at radius 3 is 2.58 bits per heavy atom. The number of benzene rings is 2. The van der Waals surface area contributed by atoms with Crippen molar-refractivity contribution >= 4 is 34.1 Å². The van der Waals surface area contributed by atoms with Gasteiger partial charge in [0.25, 0.3) is 5.78 Å². The fourth-order valence-electron chi connectivity index (χ4n) is 4.10. The Hall–Kier alpha value is -3.68. The van der Waals surface area contributed by atoms with Crippen LogP contribution in [0.15, 0.2) is 54.9 Å². The molecule has 8 nitrogen and oxygen atoms in total. The third-order valence-electron chi connectivity index (χ3n) is 5.93. The zero-order chi connectivity index (χ0) is 21.4. The maximum Gasteiger partial charge on any atom is 0.256 e. The second kappa shape index (κ2) is 7.86. The van der Waals surface area contributed by atoms with Gasteiger partial charge in [0.1, 0.15) is 18.0 Å². The molecule has 1 fully saturated rings. The van der Waals surface area contributed by atoms with Gasteiger partial charge in [-0.25, -0.2) is 0 Å². The number of carbonyl (C=O) groups is 1. The third kappa shape index (κ3) is 3.76. The average Bonchev–Trinajstić information content (AvgIpc) is 3.28. The van der Waals surface area contributed by atoms with Gasteiger partial charge in [0.05, 0.1) is 0 Å². The Kier molecular flexibility index (Phi) is 4.89. The number of piperazine rings is 1. The highest BCUT2D eigenvalue weighted by Gasteiger charge is 2.21. The molecule has 4 aromatic rings. The van der Waals surface area contributed by atoms with E-state index in [1.807, 2.05) is 11.0 Å². The van der Waals surface area contributed by atoms with Crippen molar-refractivity contribution in [3.8, 4) is 0 Å². The highest BCUT2D eigenvalue weighted by atomic mass is 16.2. The van der Waals surface area contributed by atoms with Crippen LogP contribution in [0.3, 0.4) is 0 Å². The zero-order valence-corrected chi connectivity index (χ0v) is 17.7. The lowest BCUT2D eigenvalue weighted by Gasteiger charge is -2.35. The number of hydrogen-bond donors (Lipinski definition) is 1. The summed E-state index contributed by atoms with van der Waals surface area (Å²) in [7, 11) is 0. The Balaban J connectivity index is 1.42. The second-order valence-electron chi connectivity index (χ2n) is 7.94. The van der Waals surface area contributed by atoms with Crippen molar-refractivity contribution in [1.82, 2.24) is 24.5 Å². The van der Waals surface area contributed by atoms with Crippen molar-refractivity contribution < 1.29 is 4.79 Å². The van der Waals surface area contributed by atoms with Gasteiger partial charge < -0.3 is 15.1 Å². The molecule has 1 saturated heterocycles. The van der Waals surface area contributed by atoms with Crippen molar-refractivity contribution in [2.24, 2.45) is 0 Å². The first-order valence-electron chi connectivity index (χ1n) is 10.5. The molecule has 8 heteroatoms.